The lowest BCUT2D eigenvalue weighted by Gasteiger charge is -2.05. The molecule has 26 heavy (non-hydrogen) atoms. The van der Waals surface area contributed by atoms with Gasteiger partial charge in [-0.1, -0.05) is 70.4 Å². The number of carbonyl (C=O) groups is 1. The highest BCUT2D eigenvalue weighted by molar-refractivity contribution is 5.89. The first-order valence-corrected chi connectivity index (χ1v) is 10.2. The minimum atomic E-state index is 0.155. The number of benzene rings is 1. The summed E-state index contributed by atoms with van der Waals surface area (Å²) in [6.45, 7) is 2.25. The lowest BCUT2D eigenvalue weighted by atomic mass is 10.0. The van der Waals surface area contributed by atoms with E-state index >= 15 is 0 Å². The smallest absolute Gasteiger partial charge is 0.160 e. The van der Waals surface area contributed by atoms with E-state index in [0.29, 0.717) is 12.2 Å². The van der Waals surface area contributed by atoms with E-state index in [1.165, 1.54) is 51.4 Å². The van der Waals surface area contributed by atoms with Crippen molar-refractivity contribution in [2.24, 2.45) is 0 Å². The Morgan fingerprint density at radius 3 is 2.35 bits per heavy atom. The zero-order valence-corrected chi connectivity index (χ0v) is 16.6. The number of aromatic hydroxyl groups is 1. The summed E-state index contributed by atoms with van der Waals surface area (Å²) in [5.41, 5.74) is 1.09. The highest BCUT2D eigenvalue weighted by Crippen LogP contribution is 2.26. The van der Waals surface area contributed by atoms with E-state index in [2.05, 4.69) is 6.92 Å². The first kappa shape index (κ1) is 22.3. The summed E-state index contributed by atoms with van der Waals surface area (Å²) in [6, 6.07) is 5.37. The molecule has 0 radical (unpaired) electrons. The third-order valence-electron chi connectivity index (χ3n) is 4.67. The minimum absolute atomic E-state index is 0.155. The van der Waals surface area contributed by atoms with Crippen molar-refractivity contribution in [3.8, 4) is 11.5 Å². The molecule has 0 atom stereocenters. The van der Waals surface area contributed by atoms with Crippen LogP contribution in [0.25, 0.3) is 0 Å². The number of hydrogen-bond acceptors (Lipinski definition) is 3. The van der Waals surface area contributed by atoms with Crippen LogP contribution in [0.2, 0.25) is 0 Å². The molecule has 146 valence electrons. The van der Waals surface area contributed by atoms with Gasteiger partial charge in [-0.25, -0.2) is 0 Å². The summed E-state index contributed by atoms with van der Waals surface area (Å²) in [4.78, 5) is 11.9. The van der Waals surface area contributed by atoms with Gasteiger partial charge < -0.3 is 9.84 Å². The first-order valence-electron chi connectivity index (χ1n) is 10.2. The number of methoxy groups -OCH3 is 1. The molecule has 3 heteroatoms. The molecule has 0 bridgehead atoms. The van der Waals surface area contributed by atoms with E-state index in [1.54, 1.807) is 19.3 Å². The van der Waals surface area contributed by atoms with Crippen molar-refractivity contribution in [2.45, 2.75) is 84.0 Å². The van der Waals surface area contributed by atoms with Crippen molar-refractivity contribution >= 4 is 5.78 Å². The Morgan fingerprint density at radius 1 is 1.04 bits per heavy atom. The number of unbranched alkanes of at least 4 members (excludes halogenated alkanes) is 8. The molecular formula is C23H36O3. The predicted molar refractivity (Wildman–Crippen MR) is 109 cm³/mol. The van der Waals surface area contributed by atoms with Crippen LogP contribution in [0.1, 0.15) is 83.1 Å². The SMILES string of the molecule is CCCCCCCCCCCC(=O)C=CCCc1ccc(O)c(OC)c1. The van der Waals surface area contributed by atoms with Crippen molar-refractivity contribution in [2.75, 3.05) is 7.11 Å². The number of aryl methyl sites for hydroxylation is 1. The summed E-state index contributed by atoms with van der Waals surface area (Å²) in [7, 11) is 1.55. The van der Waals surface area contributed by atoms with Crippen molar-refractivity contribution in [1.82, 2.24) is 0 Å². The molecule has 1 rings (SSSR count). The summed E-state index contributed by atoms with van der Waals surface area (Å²) in [6.07, 6.45) is 17.5. The van der Waals surface area contributed by atoms with Gasteiger partial charge in [0.2, 0.25) is 0 Å². The second kappa shape index (κ2) is 14.4. The van der Waals surface area contributed by atoms with Crippen LogP contribution in [-0.2, 0) is 11.2 Å². The normalized spacial score (nSPS) is 11.2. The van der Waals surface area contributed by atoms with Gasteiger partial charge in [0.15, 0.2) is 17.3 Å². The fourth-order valence-electron chi connectivity index (χ4n) is 3.04. The van der Waals surface area contributed by atoms with Gasteiger partial charge in [-0.3, -0.25) is 4.79 Å². The van der Waals surface area contributed by atoms with E-state index in [4.69, 9.17) is 4.74 Å². The fraction of sp³-hybridized carbons (Fsp3) is 0.609. The fourth-order valence-corrected chi connectivity index (χ4v) is 3.04. The average molecular weight is 361 g/mol. The zero-order chi connectivity index (χ0) is 19.0. The van der Waals surface area contributed by atoms with Gasteiger partial charge in [-0.2, -0.15) is 0 Å². The van der Waals surface area contributed by atoms with Gasteiger partial charge in [0.1, 0.15) is 0 Å². The standard InChI is InChI=1S/C23H36O3/c1-3-4-5-6-7-8-9-10-11-15-21(24)16-13-12-14-20-17-18-22(25)23(19-20)26-2/h13,16-19,25H,3-12,14-15H2,1-2H3. The molecule has 1 N–H and O–H groups in total. The van der Waals surface area contributed by atoms with Crippen molar-refractivity contribution in [3.63, 3.8) is 0 Å². The van der Waals surface area contributed by atoms with Gasteiger partial charge >= 0.3 is 0 Å². The van der Waals surface area contributed by atoms with Crippen LogP contribution in [0.5, 0.6) is 11.5 Å². The highest BCUT2D eigenvalue weighted by atomic mass is 16.5. The maximum atomic E-state index is 11.9. The Kier molecular flexibility index (Phi) is 12.3. The van der Waals surface area contributed by atoms with Gasteiger partial charge in [-0.05, 0) is 43.0 Å². The van der Waals surface area contributed by atoms with Crippen LogP contribution in [0, 0.1) is 0 Å². The number of allylic oxidation sites excluding steroid dienone is 2. The molecule has 0 unspecified atom stereocenters. The molecule has 3 nitrogen and oxygen atoms in total. The van der Waals surface area contributed by atoms with Gasteiger partial charge in [-0.15, -0.1) is 0 Å². The van der Waals surface area contributed by atoms with Crippen LogP contribution in [-0.4, -0.2) is 18.0 Å². The Morgan fingerprint density at radius 2 is 1.69 bits per heavy atom. The molecule has 0 spiro atoms. The number of ether oxygens (including phenoxy) is 1. The van der Waals surface area contributed by atoms with E-state index in [0.717, 1.165) is 24.8 Å². The Bertz CT molecular complexity index is 534. The summed E-state index contributed by atoms with van der Waals surface area (Å²) >= 11 is 0. The molecule has 0 saturated heterocycles. The maximum absolute atomic E-state index is 11.9. The maximum Gasteiger partial charge on any atom is 0.160 e. The monoisotopic (exact) mass is 360 g/mol. The number of ketones is 1. The van der Waals surface area contributed by atoms with Crippen molar-refractivity contribution < 1.29 is 14.6 Å². The molecule has 0 heterocycles. The molecule has 0 aliphatic heterocycles. The average Bonchev–Trinajstić information content (AvgIpc) is 2.65. The molecule has 0 amide bonds. The molecule has 0 saturated carbocycles. The first-order chi connectivity index (χ1) is 12.7. The van der Waals surface area contributed by atoms with Crippen LogP contribution < -0.4 is 4.74 Å². The molecule has 0 aliphatic carbocycles. The lowest BCUT2D eigenvalue weighted by molar-refractivity contribution is -0.114. The van der Waals surface area contributed by atoms with Crippen LogP contribution >= 0.6 is 0 Å². The quantitative estimate of drug-likeness (QED) is 0.291. The number of carbonyl (C=O) groups excluding carboxylic acids is 1. The number of hydrogen-bond donors (Lipinski definition) is 1. The second-order valence-electron chi connectivity index (χ2n) is 6.99. The molecule has 0 fully saturated rings. The molecule has 0 aromatic heterocycles. The lowest BCUT2D eigenvalue weighted by Crippen LogP contribution is -1.93. The van der Waals surface area contributed by atoms with E-state index in [-0.39, 0.29) is 11.5 Å². The molecule has 1 aromatic rings. The Hall–Kier alpha value is -1.77. The molecule has 1 aromatic carbocycles. The zero-order valence-electron chi connectivity index (χ0n) is 16.6. The minimum Gasteiger partial charge on any atom is -0.504 e. The van der Waals surface area contributed by atoms with Gasteiger partial charge in [0.25, 0.3) is 0 Å². The van der Waals surface area contributed by atoms with E-state index < -0.39 is 0 Å². The summed E-state index contributed by atoms with van der Waals surface area (Å²) in [5, 5.41) is 9.58. The number of rotatable bonds is 15. The topological polar surface area (TPSA) is 46.5 Å². The third kappa shape index (κ3) is 10.3. The second-order valence-corrected chi connectivity index (χ2v) is 6.99. The van der Waals surface area contributed by atoms with Crippen LogP contribution in [0.4, 0.5) is 0 Å². The largest absolute Gasteiger partial charge is 0.504 e. The predicted octanol–water partition coefficient (Wildman–Crippen LogP) is 6.38. The molecule has 0 aliphatic rings. The Balaban J connectivity index is 2.07. The Labute approximate surface area is 159 Å². The summed E-state index contributed by atoms with van der Waals surface area (Å²) < 4.78 is 5.10. The van der Waals surface area contributed by atoms with Crippen LogP contribution in [0.15, 0.2) is 30.4 Å². The van der Waals surface area contributed by atoms with Crippen molar-refractivity contribution in [1.29, 1.82) is 0 Å². The van der Waals surface area contributed by atoms with Crippen LogP contribution in [0.3, 0.4) is 0 Å². The van der Waals surface area contributed by atoms with Crippen molar-refractivity contribution in [3.05, 3.63) is 35.9 Å². The number of phenols is 1. The van der Waals surface area contributed by atoms with Gasteiger partial charge in [0, 0.05) is 6.42 Å². The van der Waals surface area contributed by atoms with E-state index in [9.17, 15) is 9.90 Å². The van der Waals surface area contributed by atoms with Gasteiger partial charge in [0.05, 0.1) is 7.11 Å². The third-order valence-corrected chi connectivity index (χ3v) is 4.67. The highest BCUT2D eigenvalue weighted by Gasteiger charge is 2.02. The number of phenolic OH excluding ortho intramolecular Hbond substituents is 1. The summed E-state index contributed by atoms with van der Waals surface area (Å²) in [5.74, 6) is 0.882. The van der Waals surface area contributed by atoms with E-state index in [1.807, 2.05) is 18.2 Å². The molecular weight excluding hydrogens is 324 g/mol.